The van der Waals surface area contributed by atoms with E-state index in [9.17, 15) is 0 Å². The fraction of sp³-hybridized carbons (Fsp3) is 0.122. The van der Waals surface area contributed by atoms with Gasteiger partial charge in [-0.3, -0.25) is 0 Å². The first-order chi connectivity index (χ1) is 42.1. The van der Waals surface area contributed by atoms with Gasteiger partial charge in [0.05, 0.1) is 11.4 Å². The molecule has 12 aromatic rings. The highest BCUT2D eigenvalue weighted by Gasteiger charge is 2.39. The van der Waals surface area contributed by atoms with E-state index >= 15 is 0 Å². The van der Waals surface area contributed by atoms with Crippen LogP contribution in [0.4, 0.5) is 28.4 Å². The first kappa shape index (κ1) is 52.4. The Bertz CT molecular complexity index is 4850. The number of benzene rings is 11. The van der Waals surface area contributed by atoms with Crippen molar-refractivity contribution in [3.05, 3.63) is 316 Å². The second kappa shape index (κ2) is 20.8. The Morgan fingerprint density at radius 3 is 1.84 bits per heavy atom. The van der Waals surface area contributed by atoms with Crippen molar-refractivity contribution in [2.45, 2.75) is 69.4 Å². The molecular formula is C82H64N2S2. The van der Waals surface area contributed by atoms with E-state index in [1.807, 2.05) is 23.1 Å². The van der Waals surface area contributed by atoms with E-state index in [2.05, 4.69) is 306 Å². The molecule has 3 aliphatic carbocycles. The van der Waals surface area contributed by atoms with Crippen molar-refractivity contribution in [1.82, 2.24) is 0 Å². The average molecular weight is 1140 g/mol. The third-order valence-corrected chi connectivity index (χ3v) is 21.9. The number of rotatable bonds is 10. The predicted octanol–water partition coefficient (Wildman–Crippen LogP) is 23.2. The molecule has 4 atom stereocenters. The number of hydrogen-bond donors (Lipinski definition) is 0. The second-order valence-electron chi connectivity index (χ2n) is 24.1. The lowest BCUT2D eigenvalue weighted by molar-refractivity contribution is 0.727. The van der Waals surface area contributed by atoms with E-state index in [0.29, 0.717) is 5.25 Å². The van der Waals surface area contributed by atoms with Crippen LogP contribution in [0.5, 0.6) is 0 Å². The van der Waals surface area contributed by atoms with Crippen LogP contribution in [0, 0.1) is 41.5 Å². The van der Waals surface area contributed by atoms with Crippen molar-refractivity contribution in [3.63, 3.8) is 0 Å². The molecular weight excluding hydrogens is 1080 g/mol. The highest BCUT2D eigenvalue weighted by Crippen LogP contribution is 2.58. The highest BCUT2D eigenvalue weighted by molar-refractivity contribution is 8.01. The molecule has 2 nitrogen and oxygen atoms in total. The Morgan fingerprint density at radius 1 is 0.419 bits per heavy atom. The number of fused-ring (bicyclic) bond motifs is 6. The van der Waals surface area contributed by atoms with Gasteiger partial charge in [0.25, 0.3) is 0 Å². The Labute approximate surface area is 513 Å². The van der Waals surface area contributed by atoms with Crippen LogP contribution in [0.15, 0.2) is 254 Å². The quantitative estimate of drug-likeness (QED) is 0.135. The molecule has 0 N–H and O–H groups in total. The maximum Gasteiger partial charge on any atom is 0.0546 e. The van der Waals surface area contributed by atoms with E-state index in [1.165, 1.54) is 136 Å². The number of hydrogen-bond acceptors (Lipinski definition) is 4. The smallest absolute Gasteiger partial charge is 0.0546 e. The van der Waals surface area contributed by atoms with E-state index in [0.717, 1.165) is 28.4 Å². The molecule has 4 aliphatic rings. The molecule has 0 radical (unpaired) electrons. The van der Waals surface area contributed by atoms with Crippen LogP contribution in [0.3, 0.4) is 0 Å². The van der Waals surface area contributed by atoms with Gasteiger partial charge in [-0.05, 0) is 203 Å². The minimum Gasteiger partial charge on any atom is -0.310 e. The van der Waals surface area contributed by atoms with Gasteiger partial charge in [-0.1, -0.05) is 188 Å². The van der Waals surface area contributed by atoms with Crippen molar-refractivity contribution in [2.75, 3.05) is 9.80 Å². The molecule has 0 spiro atoms. The fourth-order valence-electron chi connectivity index (χ4n) is 14.6. The molecule has 1 aliphatic heterocycles. The highest BCUT2D eigenvalue weighted by atomic mass is 32.2. The van der Waals surface area contributed by atoms with E-state index in [-0.39, 0.29) is 17.8 Å². The van der Waals surface area contributed by atoms with Gasteiger partial charge in [0, 0.05) is 81.9 Å². The molecule has 0 fully saturated rings. The summed E-state index contributed by atoms with van der Waals surface area (Å²) in [6.45, 7) is 13.7. The summed E-state index contributed by atoms with van der Waals surface area (Å²) in [6.07, 6.45) is 14.7. The van der Waals surface area contributed by atoms with Gasteiger partial charge in [-0.2, -0.15) is 0 Å². The van der Waals surface area contributed by atoms with Gasteiger partial charge in [0.2, 0.25) is 0 Å². The van der Waals surface area contributed by atoms with Gasteiger partial charge in [-0.25, -0.2) is 0 Å². The second-order valence-corrected chi connectivity index (χ2v) is 26.4. The summed E-state index contributed by atoms with van der Waals surface area (Å²) in [7, 11) is 0. The Kier molecular flexibility index (Phi) is 12.7. The standard InChI is InChI=1S/C82H64N2S2/c1-49-41-57(42-50(2)53(49)5)73-47-75(83(59-23-9-7-10-24-59)61-27-17-21-55(45-61)63-31-19-33-69-65-29-13-15-35-77(65)85-81(63)69)71-40-38-68-74(58-43-51(3)54(6)52(4)44-58)48-76(72-39-37-67(73)79(71)80(68)72)84(60-25-11-8-12-26-60)62-28-18-22-56(46-62)64-32-20-34-70-66-30-14-16-36-78(66)86-82(64)70/h7-48,63,67,73,81H,1-6H3. The first-order valence-electron chi connectivity index (χ1n) is 30.3. The molecule has 0 amide bonds. The number of aryl methyl sites for hydroxylation is 4. The minimum atomic E-state index is 0.0248. The fourth-order valence-corrected chi connectivity index (χ4v) is 17.3. The minimum absolute atomic E-state index is 0.0248. The summed E-state index contributed by atoms with van der Waals surface area (Å²) >= 11 is 3.90. The number of nitrogens with zero attached hydrogens (tertiary/aromatic N) is 2. The summed E-state index contributed by atoms with van der Waals surface area (Å²) in [6, 6.07) is 82.8. The monoisotopic (exact) mass is 1140 g/mol. The van der Waals surface area contributed by atoms with Crippen LogP contribution in [0.1, 0.15) is 84.5 Å². The number of para-hydroxylation sites is 2. The third-order valence-electron chi connectivity index (χ3n) is 19.3. The van der Waals surface area contributed by atoms with Crippen LogP contribution in [0.2, 0.25) is 0 Å². The molecule has 4 unspecified atom stereocenters. The molecule has 16 rings (SSSR count). The summed E-state index contributed by atoms with van der Waals surface area (Å²) in [5.41, 5.74) is 29.0. The number of thioether (sulfide) groups is 1. The Morgan fingerprint density at radius 2 is 1.06 bits per heavy atom. The van der Waals surface area contributed by atoms with Crippen molar-refractivity contribution in [1.29, 1.82) is 0 Å². The number of anilines is 5. The lowest BCUT2D eigenvalue weighted by Gasteiger charge is -2.40. The van der Waals surface area contributed by atoms with Gasteiger partial charge in [-0.15, -0.1) is 23.1 Å². The van der Waals surface area contributed by atoms with Crippen LogP contribution >= 0.6 is 23.1 Å². The lowest BCUT2D eigenvalue weighted by atomic mass is 9.69. The van der Waals surface area contributed by atoms with Crippen molar-refractivity contribution in [3.8, 4) is 22.3 Å². The van der Waals surface area contributed by atoms with Gasteiger partial charge < -0.3 is 9.80 Å². The zero-order valence-corrected chi connectivity index (χ0v) is 50.9. The summed E-state index contributed by atoms with van der Waals surface area (Å²) in [4.78, 5) is 6.48. The van der Waals surface area contributed by atoms with Crippen LogP contribution < -0.4 is 9.80 Å². The molecule has 11 aromatic carbocycles. The van der Waals surface area contributed by atoms with E-state index in [1.54, 1.807) is 0 Å². The van der Waals surface area contributed by atoms with Gasteiger partial charge >= 0.3 is 0 Å². The zero-order chi connectivity index (χ0) is 57.9. The van der Waals surface area contributed by atoms with Crippen LogP contribution in [0.25, 0.3) is 70.5 Å². The van der Waals surface area contributed by atoms with Crippen molar-refractivity contribution >= 4 is 99.8 Å². The van der Waals surface area contributed by atoms with Crippen LogP contribution in [-0.2, 0) is 0 Å². The maximum atomic E-state index is 2.62. The molecule has 86 heavy (non-hydrogen) atoms. The largest absolute Gasteiger partial charge is 0.310 e. The molecule has 0 saturated carbocycles. The Hall–Kier alpha value is -9.19. The van der Waals surface area contributed by atoms with Crippen molar-refractivity contribution in [2.24, 2.45) is 0 Å². The Balaban J connectivity index is 0.949. The van der Waals surface area contributed by atoms with Gasteiger partial charge in [0.15, 0.2) is 0 Å². The first-order valence-corrected chi connectivity index (χ1v) is 32.0. The summed E-state index contributed by atoms with van der Waals surface area (Å²) < 4.78 is 2.63. The molecule has 4 heteroatoms. The van der Waals surface area contributed by atoms with Crippen LogP contribution in [-0.4, -0.2) is 5.25 Å². The van der Waals surface area contributed by atoms with E-state index < -0.39 is 0 Å². The summed E-state index contributed by atoms with van der Waals surface area (Å²) in [5, 5.41) is 5.50. The predicted molar refractivity (Wildman–Crippen MR) is 371 cm³/mol. The van der Waals surface area contributed by atoms with Gasteiger partial charge in [0.1, 0.15) is 0 Å². The molecule has 2 heterocycles. The SMILES string of the molecule is Cc1cc(-c2cc(N(c3ccccc3)c3cccc(-c4cccc5c4sc4ccccc45)c3)c3c4c5c(ccc24)C(N(c2ccccc2)c2cccc(C4C=CC=C6c7ccccc7SC64)c2)=CC(c2cc(C)c(C)c(C)c2)C5C=C3)cc(C)c1C. The zero-order valence-electron chi connectivity index (χ0n) is 49.3. The summed E-state index contributed by atoms with van der Waals surface area (Å²) in [5.74, 6) is 0.282. The normalized spacial score (nSPS) is 17.2. The molecule has 1 aromatic heterocycles. The average Bonchev–Trinajstić information content (AvgIpc) is 0.952. The van der Waals surface area contributed by atoms with E-state index in [4.69, 9.17) is 0 Å². The number of thiophene rings is 1. The number of allylic oxidation sites excluding steroid dienone is 5. The molecule has 414 valence electrons. The third kappa shape index (κ3) is 8.51. The lowest BCUT2D eigenvalue weighted by Crippen LogP contribution is -2.25. The topological polar surface area (TPSA) is 6.48 Å². The van der Waals surface area contributed by atoms with Crippen molar-refractivity contribution < 1.29 is 0 Å². The molecule has 0 bridgehead atoms. The molecule has 0 saturated heterocycles. The maximum absolute atomic E-state index is 2.62.